The van der Waals surface area contributed by atoms with Gasteiger partial charge in [-0.3, -0.25) is 9.59 Å². The fourth-order valence-corrected chi connectivity index (χ4v) is 3.10. The highest BCUT2D eigenvalue weighted by atomic mass is 16.5. The zero-order valence-corrected chi connectivity index (χ0v) is 14.4. The van der Waals surface area contributed by atoms with E-state index in [1.807, 2.05) is 48.5 Å². The number of ether oxygens (including phenoxy) is 1. The molecule has 1 aliphatic heterocycles. The van der Waals surface area contributed by atoms with Crippen LogP contribution in [0.4, 0.5) is 0 Å². The Labute approximate surface area is 152 Å². The minimum absolute atomic E-state index is 0.139. The van der Waals surface area contributed by atoms with Crippen molar-refractivity contribution in [1.29, 1.82) is 0 Å². The van der Waals surface area contributed by atoms with E-state index >= 15 is 0 Å². The van der Waals surface area contributed by atoms with Crippen molar-refractivity contribution < 1.29 is 19.4 Å². The van der Waals surface area contributed by atoms with Crippen LogP contribution >= 0.6 is 0 Å². The molecule has 0 spiro atoms. The molecule has 2 atom stereocenters. The van der Waals surface area contributed by atoms with E-state index in [1.54, 1.807) is 0 Å². The van der Waals surface area contributed by atoms with E-state index in [9.17, 15) is 9.59 Å². The number of nitrogens with one attached hydrogen (secondary N) is 1. The highest BCUT2D eigenvalue weighted by molar-refractivity contribution is 5.85. The number of aliphatic carboxylic acids is 1. The van der Waals surface area contributed by atoms with E-state index in [-0.39, 0.29) is 18.4 Å². The van der Waals surface area contributed by atoms with Gasteiger partial charge >= 0.3 is 5.97 Å². The molecular formula is C20H22N2O4. The molecule has 0 aromatic heterocycles. The van der Waals surface area contributed by atoms with Crippen molar-refractivity contribution in [2.45, 2.75) is 25.4 Å². The van der Waals surface area contributed by atoms with Crippen LogP contribution in [0.2, 0.25) is 0 Å². The normalized spacial score (nSPS) is 19.2. The van der Waals surface area contributed by atoms with Crippen LogP contribution in [0.1, 0.15) is 18.4 Å². The standard InChI is InChI=1S/C20H22N2O4/c21-11-13-1-3-14(4-2-13)15-5-7-18(8-6-15)26-12-17-9-16(10-19(23)24)20(25)22-17/h1-8,16-17H,9-12,21H2,(H,22,25)(H,23,24)/t16-,17-/m0/s1. The van der Waals surface area contributed by atoms with E-state index in [4.69, 9.17) is 15.6 Å². The summed E-state index contributed by atoms with van der Waals surface area (Å²) in [7, 11) is 0. The second-order valence-corrected chi connectivity index (χ2v) is 6.47. The first-order valence-electron chi connectivity index (χ1n) is 8.59. The number of carbonyl (C=O) groups is 2. The number of carboxylic acid groups (broad SMARTS) is 1. The van der Waals surface area contributed by atoms with Crippen LogP contribution in [0.25, 0.3) is 11.1 Å². The van der Waals surface area contributed by atoms with E-state index < -0.39 is 11.9 Å². The van der Waals surface area contributed by atoms with Gasteiger partial charge in [0.05, 0.1) is 18.4 Å². The van der Waals surface area contributed by atoms with Gasteiger partial charge in [0.1, 0.15) is 12.4 Å². The third-order valence-electron chi connectivity index (χ3n) is 4.54. The summed E-state index contributed by atoms with van der Waals surface area (Å²) in [4.78, 5) is 22.5. The number of hydrogen-bond donors (Lipinski definition) is 3. The van der Waals surface area contributed by atoms with Crippen LogP contribution in [0.3, 0.4) is 0 Å². The SMILES string of the molecule is NCc1ccc(-c2ccc(OC[C@@H]3C[C@@H](CC(=O)O)C(=O)N3)cc2)cc1. The Morgan fingerprint density at radius 1 is 1.12 bits per heavy atom. The zero-order chi connectivity index (χ0) is 18.5. The van der Waals surface area contributed by atoms with Crippen molar-refractivity contribution in [2.24, 2.45) is 11.7 Å². The van der Waals surface area contributed by atoms with Crippen LogP contribution < -0.4 is 15.8 Å². The van der Waals surface area contributed by atoms with E-state index in [2.05, 4.69) is 5.32 Å². The topological polar surface area (TPSA) is 102 Å². The van der Waals surface area contributed by atoms with Crippen molar-refractivity contribution >= 4 is 11.9 Å². The molecule has 0 radical (unpaired) electrons. The van der Waals surface area contributed by atoms with Gasteiger partial charge in [-0.05, 0) is 35.2 Å². The monoisotopic (exact) mass is 354 g/mol. The predicted octanol–water partition coefficient (Wildman–Crippen LogP) is 2.17. The fraction of sp³-hybridized carbons (Fsp3) is 0.300. The molecule has 0 saturated carbocycles. The highest BCUT2D eigenvalue weighted by Crippen LogP contribution is 2.24. The molecule has 0 aliphatic carbocycles. The Hall–Kier alpha value is -2.86. The minimum Gasteiger partial charge on any atom is -0.491 e. The summed E-state index contributed by atoms with van der Waals surface area (Å²) in [6, 6.07) is 15.7. The van der Waals surface area contributed by atoms with E-state index in [0.717, 1.165) is 16.7 Å². The molecule has 3 rings (SSSR count). The number of carbonyl (C=O) groups excluding carboxylic acids is 1. The number of nitrogens with two attached hydrogens (primary N) is 1. The largest absolute Gasteiger partial charge is 0.491 e. The molecule has 1 amide bonds. The molecule has 0 bridgehead atoms. The quantitative estimate of drug-likeness (QED) is 0.707. The molecule has 6 nitrogen and oxygen atoms in total. The number of benzene rings is 2. The van der Waals surface area contributed by atoms with Gasteiger partial charge in [-0.25, -0.2) is 0 Å². The molecule has 2 aromatic rings. The maximum Gasteiger partial charge on any atom is 0.304 e. The number of amides is 1. The van der Waals surface area contributed by atoms with Gasteiger partial charge < -0.3 is 20.9 Å². The lowest BCUT2D eigenvalue weighted by Crippen LogP contribution is -2.31. The summed E-state index contributed by atoms with van der Waals surface area (Å²) in [5, 5.41) is 11.6. The molecule has 4 N–H and O–H groups in total. The molecule has 0 unspecified atom stereocenters. The Morgan fingerprint density at radius 2 is 1.73 bits per heavy atom. The Kier molecular flexibility index (Phi) is 5.53. The van der Waals surface area contributed by atoms with Crippen molar-refractivity contribution in [2.75, 3.05) is 6.61 Å². The van der Waals surface area contributed by atoms with Gasteiger partial charge in [0.25, 0.3) is 0 Å². The predicted molar refractivity (Wildman–Crippen MR) is 97.6 cm³/mol. The van der Waals surface area contributed by atoms with Gasteiger partial charge in [0.2, 0.25) is 5.91 Å². The summed E-state index contributed by atoms with van der Waals surface area (Å²) in [6.45, 7) is 0.852. The minimum atomic E-state index is -0.957. The summed E-state index contributed by atoms with van der Waals surface area (Å²) >= 11 is 0. The second-order valence-electron chi connectivity index (χ2n) is 6.47. The second kappa shape index (κ2) is 8.01. The molecule has 2 aromatic carbocycles. The van der Waals surface area contributed by atoms with Gasteiger partial charge in [-0.2, -0.15) is 0 Å². The van der Waals surface area contributed by atoms with Gasteiger partial charge in [0.15, 0.2) is 0 Å². The van der Waals surface area contributed by atoms with Gasteiger partial charge in [-0.1, -0.05) is 36.4 Å². The third kappa shape index (κ3) is 4.40. The van der Waals surface area contributed by atoms with Crippen molar-refractivity contribution in [1.82, 2.24) is 5.32 Å². The number of carboxylic acids is 1. The van der Waals surface area contributed by atoms with Gasteiger partial charge in [0, 0.05) is 6.54 Å². The first-order valence-corrected chi connectivity index (χ1v) is 8.59. The van der Waals surface area contributed by atoms with Crippen LogP contribution in [-0.4, -0.2) is 29.6 Å². The lowest BCUT2D eigenvalue weighted by molar-refractivity contribution is -0.140. The van der Waals surface area contributed by atoms with Crippen molar-refractivity contribution in [3.05, 3.63) is 54.1 Å². The molecule has 26 heavy (non-hydrogen) atoms. The van der Waals surface area contributed by atoms with Crippen LogP contribution in [0.15, 0.2) is 48.5 Å². The van der Waals surface area contributed by atoms with Crippen LogP contribution in [-0.2, 0) is 16.1 Å². The molecule has 1 saturated heterocycles. The number of rotatable bonds is 7. The maximum absolute atomic E-state index is 11.7. The summed E-state index contributed by atoms with van der Waals surface area (Å²) in [5.41, 5.74) is 8.89. The van der Waals surface area contributed by atoms with E-state index in [0.29, 0.717) is 25.3 Å². The van der Waals surface area contributed by atoms with Crippen LogP contribution in [0.5, 0.6) is 5.75 Å². The molecule has 1 heterocycles. The summed E-state index contributed by atoms with van der Waals surface area (Å²) < 4.78 is 5.74. The van der Waals surface area contributed by atoms with Crippen LogP contribution in [0, 0.1) is 5.92 Å². The highest BCUT2D eigenvalue weighted by Gasteiger charge is 2.33. The Bertz CT molecular complexity index is 771. The van der Waals surface area contributed by atoms with Crippen molar-refractivity contribution in [3.63, 3.8) is 0 Å². The lowest BCUT2D eigenvalue weighted by atomic mass is 10.0. The maximum atomic E-state index is 11.7. The average Bonchev–Trinajstić information content (AvgIpc) is 2.99. The lowest BCUT2D eigenvalue weighted by Gasteiger charge is -2.12. The molecular weight excluding hydrogens is 332 g/mol. The zero-order valence-electron chi connectivity index (χ0n) is 14.4. The molecule has 1 fully saturated rings. The first-order chi connectivity index (χ1) is 12.5. The molecule has 1 aliphatic rings. The first kappa shape index (κ1) is 17.9. The number of hydrogen-bond acceptors (Lipinski definition) is 4. The molecule has 6 heteroatoms. The fourth-order valence-electron chi connectivity index (χ4n) is 3.10. The van der Waals surface area contributed by atoms with Gasteiger partial charge in [-0.15, -0.1) is 0 Å². The molecule has 136 valence electrons. The summed E-state index contributed by atoms with van der Waals surface area (Å²) in [5.74, 6) is -0.928. The smallest absolute Gasteiger partial charge is 0.304 e. The third-order valence-corrected chi connectivity index (χ3v) is 4.54. The van der Waals surface area contributed by atoms with E-state index in [1.165, 1.54) is 0 Å². The summed E-state index contributed by atoms with van der Waals surface area (Å²) in [6.07, 6.45) is 0.344. The Morgan fingerprint density at radius 3 is 2.31 bits per heavy atom. The van der Waals surface area contributed by atoms with Crippen molar-refractivity contribution in [3.8, 4) is 16.9 Å². The Balaban J connectivity index is 1.54. The average molecular weight is 354 g/mol.